The molecule has 1 aliphatic rings. The van der Waals surface area contributed by atoms with Crippen molar-refractivity contribution in [2.24, 2.45) is 0 Å². The molecule has 0 bridgehead atoms. The summed E-state index contributed by atoms with van der Waals surface area (Å²) in [6, 6.07) is 16.3. The van der Waals surface area contributed by atoms with Gasteiger partial charge in [0.05, 0.1) is 21.8 Å². The summed E-state index contributed by atoms with van der Waals surface area (Å²) < 4.78 is 28.7. The molecular weight excluding hydrogens is 471 g/mol. The van der Waals surface area contributed by atoms with Crippen LogP contribution in [0.1, 0.15) is 5.56 Å². The molecule has 4 rings (SSSR count). The van der Waals surface area contributed by atoms with Crippen molar-refractivity contribution in [3.8, 4) is 5.69 Å². The lowest BCUT2D eigenvalue weighted by Crippen LogP contribution is -2.49. The molecule has 10 heteroatoms. The number of nitrogens with zero attached hydrogens (tertiary/aromatic N) is 4. The minimum absolute atomic E-state index is 0.0648. The van der Waals surface area contributed by atoms with Gasteiger partial charge in [0, 0.05) is 32.7 Å². The molecular formula is C22H22Cl2N4O3S. The van der Waals surface area contributed by atoms with Crippen molar-refractivity contribution in [1.82, 2.24) is 19.0 Å². The summed E-state index contributed by atoms with van der Waals surface area (Å²) in [7, 11) is -3.62. The van der Waals surface area contributed by atoms with E-state index in [9.17, 15) is 13.2 Å². The van der Waals surface area contributed by atoms with Crippen LogP contribution in [-0.2, 0) is 16.4 Å². The summed E-state index contributed by atoms with van der Waals surface area (Å²) >= 11 is 11.7. The third-order valence-electron chi connectivity index (χ3n) is 5.49. The fourth-order valence-corrected chi connectivity index (χ4v) is 5.31. The number of sulfonamides is 1. The van der Waals surface area contributed by atoms with Gasteiger partial charge in [-0.25, -0.2) is 8.42 Å². The summed E-state index contributed by atoms with van der Waals surface area (Å²) in [5.74, 6) is 0. The number of rotatable bonds is 6. The highest BCUT2D eigenvalue weighted by Gasteiger charge is 2.28. The van der Waals surface area contributed by atoms with Crippen molar-refractivity contribution in [1.29, 1.82) is 0 Å². The molecule has 1 saturated heterocycles. The van der Waals surface area contributed by atoms with Crippen molar-refractivity contribution < 1.29 is 8.42 Å². The summed E-state index contributed by atoms with van der Waals surface area (Å²) in [6.07, 6.45) is 2.21. The zero-order chi connectivity index (χ0) is 22.7. The maximum Gasteiger partial charge on any atom is 0.291 e. The third kappa shape index (κ3) is 4.89. The number of hydrogen-bond donors (Lipinski definition) is 0. The first-order valence-corrected chi connectivity index (χ1v) is 12.4. The zero-order valence-electron chi connectivity index (χ0n) is 17.2. The molecule has 1 aliphatic heterocycles. The van der Waals surface area contributed by atoms with Gasteiger partial charge < -0.3 is 4.90 Å². The first-order chi connectivity index (χ1) is 15.4. The highest BCUT2D eigenvalue weighted by Crippen LogP contribution is 2.20. The monoisotopic (exact) mass is 492 g/mol. The first-order valence-electron chi connectivity index (χ1n) is 10.2. The van der Waals surface area contributed by atoms with Crippen LogP contribution in [0.15, 0.2) is 70.5 Å². The molecule has 0 radical (unpaired) electrons. The molecule has 1 aromatic heterocycles. The zero-order valence-corrected chi connectivity index (χ0v) is 19.5. The molecule has 2 heterocycles. The molecule has 2 aromatic carbocycles. The lowest BCUT2D eigenvalue weighted by molar-refractivity contribution is 0.190. The van der Waals surface area contributed by atoms with Crippen LogP contribution in [0.5, 0.6) is 0 Å². The molecule has 168 valence electrons. The quantitative estimate of drug-likeness (QED) is 0.528. The molecule has 0 atom stereocenters. The second kappa shape index (κ2) is 9.72. The Bertz CT molecular complexity index is 1240. The van der Waals surface area contributed by atoms with Gasteiger partial charge in [-0.3, -0.25) is 4.79 Å². The van der Waals surface area contributed by atoms with Crippen molar-refractivity contribution in [3.05, 3.63) is 86.8 Å². The molecule has 0 saturated carbocycles. The van der Waals surface area contributed by atoms with Crippen molar-refractivity contribution in [2.45, 2.75) is 11.3 Å². The van der Waals surface area contributed by atoms with E-state index in [1.165, 1.54) is 40.3 Å². The summed E-state index contributed by atoms with van der Waals surface area (Å²) in [5.41, 5.74) is 1.11. The first kappa shape index (κ1) is 22.9. The Kier molecular flexibility index (Phi) is 6.97. The lowest BCUT2D eigenvalue weighted by Gasteiger charge is -2.34. The van der Waals surface area contributed by atoms with Gasteiger partial charge in [-0.1, -0.05) is 53.5 Å². The average molecular weight is 493 g/mol. The Morgan fingerprint density at radius 3 is 2.22 bits per heavy atom. The van der Waals surface area contributed by atoms with Crippen molar-refractivity contribution >= 4 is 33.2 Å². The normalized spacial score (nSPS) is 15.7. The van der Waals surface area contributed by atoms with E-state index in [0.717, 1.165) is 17.6 Å². The molecule has 0 aliphatic carbocycles. The molecule has 1 fully saturated rings. The van der Waals surface area contributed by atoms with Gasteiger partial charge in [-0.05, 0) is 36.2 Å². The minimum atomic E-state index is -3.62. The number of piperazine rings is 1. The van der Waals surface area contributed by atoms with E-state index in [1.54, 1.807) is 0 Å². The maximum atomic E-state index is 13.1. The van der Waals surface area contributed by atoms with Gasteiger partial charge in [0.15, 0.2) is 0 Å². The topological polar surface area (TPSA) is 75.5 Å². The predicted octanol–water partition coefficient (Wildman–Crippen LogP) is 3.09. The highest BCUT2D eigenvalue weighted by molar-refractivity contribution is 7.89. The van der Waals surface area contributed by atoms with E-state index in [1.807, 2.05) is 18.2 Å². The molecule has 0 N–H and O–H groups in total. The predicted molar refractivity (Wildman–Crippen MR) is 125 cm³/mol. The Morgan fingerprint density at radius 1 is 0.906 bits per heavy atom. The van der Waals surface area contributed by atoms with E-state index in [4.69, 9.17) is 23.2 Å². The third-order valence-corrected chi connectivity index (χ3v) is 8.15. The number of benzene rings is 2. The Balaban J connectivity index is 1.41. The molecule has 3 aromatic rings. The van der Waals surface area contributed by atoms with Gasteiger partial charge in [0.25, 0.3) is 5.56 Å². The highest BCUT2D eigenvalue weighted by atomic mass is 35.5. The van der Waals surface area contributed by atoms with E-state index >= 15 is 0 Å². The summed E-state index contributed by atoms with van der Waals surface area (Å²) in [6.45, 7) is 3.15. The maximum absolute atomic E-state index is 13.1. The summed E-state index contributed by atoms with van der Waals surface area (Å²) in [4.78, 5) is 14.7. The van der Waals surface area contributed by atoms with Gasteiger partial charge in [-0.15, -0.1) is 0 Å². The van der Waals surface area contributed by atoms with Gasteiger partial charge in [0.2, 0.25) is 10.0 Å². The van der Waals surface area contributed by atoms with Crippen LogP contribution >= 0.6 is 23.2 Å². The van der Waals surface area contributed by atoms with Crippen LogP contribution in [0.3, 0.4) is 0 Å². The number of hydrogen-bond acceptors (Lipinski definition) is 5. The van der Waals surface area contributed by atoms with Crippen LogP contribution in [0.2, 0.25) is 10.0 Å². The molecule has 0 unspecified atom stereocenters. The van der Waals surface area contributed by atoms with E-state index in [0.29, 0.717) is 31.9 Å². The Hall–Kier alpha value is -2.23. The molecule has 0 spiro atoms. The fraction of sp³-hybridized carbons (Fsp3) is 0.273. The van der Waals surface area contributed by atoms with Gasteiger partial charge in [0.1, 0.15) is 5.02 Å². The number of aromatic nitrogens is 2. The Morgan fingerprint density at radius 2 is 1.56 bits per heavy atom. The number of halogens is 2. The molecule has 0 amide bonds. The van der Waals surface area contributed by atoms with E-state index in [2.05, 4.69) is 22.1 Å². The Labute approximate surface area is 196 Å². The van der Waals surface area contributed by atoms with E-state index in [-0.39, 0.29) is 14.9 Å². The van der Waals surface area contributed by atoms with Gasteiger partial charge in [-0.2, -0.15) is 14.1 Å². The minimum Gasteiger partial charge on any atom is -0.300 e. The fourth-order valence-electron chi connectivity index (χ4n) is 3.63. The lowest BCUT2D eigenvalue weighted by atomic mass is 10.1. The summed E-state index contributed by atoms with van der Waals surface area (Å²) in [5, 5.41) is 3.89. The molecule has 32 heavy (non-hydrogen) atoms. The van der Waals surface area contributed by atoms with Gasteiger partial charge >= 0.3 is 0 Å². The largest absolute Gasteiger partial charge is 0.300 e. The molecule has 7 nitrogen and oxygen atoms in total. The van der Waals surface area contributed by atoms with Crippen LogP contribution in [0.4, 0.5) is 0 Å². The van der Waals surface area contributed by atoms with E-state index < -0.39 is 15.6 Å². The smallest absolute Gasteiger partial charge is 0.291 e. The van der Waals surface area contributed by atoms with Crippen LogP contribution in [0, 0.1) is 0 Å². The van der Waals surface area contributed by atoms with Crippen molar-refractivity contribution in [2.75, 3.05) is 32.7 Å². The second-order valence-corrected chi connectivity index (χ2v) is 10.2. The van der Waals surface area contributed by atoms with Crippen LogP contribution < -0.4 is 5.56 Å². The SMILES string of the molecule is O=c1c(Cl)c(Cl)cnn1-c1ccc(S(=O)(=O)N2CCN(CCc3ccccc3)CC2)cc1. The standard InChI is InChI=1S/C22H22Cl2N4O3S/c23-20-16-25-28(22(29)21(20)24)18-6-8-19(9-7-18)32(30,31)27-14-12-26(13-15-27)11-10-17-4-2-1-3-5-17/h1-9,16H,10-15H2. The van der Waals surface area contributed by atoms with Crippen molar-refractivity contribution in [3.63, 3.8) is 0 Å². The van der Waals surface area contributed by atoms with Crippen LogP contribution in [-0.4, -0.2) is 60.1 Å². The average Bonchev–Trinajstić information content (AvgIpc) is 2.82. The second-order valence-electron chi connectivity index (χ2n) is 7.50. The van der Waals surface area contributed by atoms with Crippen LogP contribution in [0.25, 0.3) is 5.69 Å².